The maximum atomic E-state index is 12.1. The molecule has 19 heavy (non-hydrogen) atoms. The number of amides is 1. The molecule has 2 rings (SSSR count). The zero-order valence-electron chi connectivity index (χ0n) is 12.7. The highest BCUT2D eigenvalue weighted by atomic mass is 16.6. The second kappa shape index (κ2) is 5.31. The number of ether oxygens (including phenoxy) is 2. The summed E-state index contributed by atoms with van der Waals surface area (Å²) < 4.78 is 11.5. The van der Waals surface area contributed by atoms with E-state index in [1.165, 1.54) is 19.3 Å². The van der Waals surface area contributed by atoms with E-state index in [0.29, 0.717) is 6.61 Å². The fourth-order valence-corrected chi connectivity index (χ4v) is 3.10. The Morgan fingerprint density at radius 1 is 1.26 bits per heavy atom. The molecule has 0 bridgehead atoms. The quantitative estimate of drug-likeness (QED) is 0.733. The molecule has 2 aliphatic rings. The maximum Gasteiger partial charge on any atom is 0.410 e. The van der Waals surface area contributed by atoms with E-state index in [9.17, 15) is 4.79 Å². The standard InChI is InChI=1S/C15H27NO3/c1-14(2,3)19-13(17)16(4)12-10-15(18-11-12)8-6-5-7-9-15/h12H,5-11H2,1-4H3. The van der Waals surface area contributed by atoms with Crippen LogP contribution in [0.4, 0.5) is 4.79 Å². The highest BCUT2D eigenvalue weighted by Crippen LogP contribution is 2.40. The molecular weight excluding hydrogens is 242 g/mol. The fourth-order valence-electron chi connectivity index (χ4n) is 3.10. The molecule has 1 aliphatic carbocycles. The van der Waals surface area contributed by atoms with Gasteiger partial charge in [-0.2, -0.15) is 0 Å². The van der Waals surface area contributed by atoms with Crippen molar-refractivity contribution in [3.8, 4) is 0 Å². The van der Waals surface area contributed by atoms with Crippen LogP contribution in [0, 0.1) is 0 Å². The number of rotatable bonds is 1. The van der Waals surface area contributed by atoms with Crippen LogP contribution in [0.3, 0.4) is 0 Å². The molecule has 110 valence electrons. The molecule has 1 saturated heterocycles. The molecule has 1 atom stereocenters. The molecule has 1 heterocycles. The summed E-state index contributed by atoms with van der Waals surface area (Å²) in [6.45, 7) is 6.33. The predicted molar refractivity (Wildman–Crippen MR) is 74.2 cm³/mol. The molecule has 0 radical (unpaired) electrons. The van der Waals surface area contributed by atoms with Gasteiger partial charge in [-0.05, 0) is 40.0 Å². The highest BCUT2D eigenvalue weighted by molar-refractivity contribution is 5.68. The summed E-state index contributed by atoms with van der Waals surface area (Å²) in [5.74, 6) is 0. The molecule has 1 saturated carbocycles. The first kappa shape index (κ1) is 14.6. The lowest BCUT2D eigenvalue weighted by Crippen LogP contribution is -2.42. The van der Waals surface area contributed by atoms with Crippen LogP contribution in [0.2, 0.25) is 0 Å². The minimum Gasteiger partial charge on any atom is -0.444 e. The third kappa shape index (κ3) is 3.62. The minimum atomic E-state index is -0.437. The fraction of sp³-hybridized carbons (Fsp3) is 0.933. The summed E-state index contributed by atoms with van der Waals surface area (Å²) in [4.78, 5) is 13.8. The first-order valence-corrected chi connectivity index (χ1v) is 7.41. The van der Waals surface area contributed by atoms with Crippen molar-refractivity contribution in [2.24, 2.45) is 0 Å². The Kier molecular flexibility index (Phi) is 4.09. The van der Waals surface area contributed by atoms with Crippen molar-refractivity contribution in [1.82, 2.24) is 4.90 Å². The third-order valence-electron chi connectivity index (χ3n) is 4.18. The van der Waals surface area contributed by atoms with E-state index in [2.05, 4.69) is 0 Å². The van der Waals surface area contributed by atoms with Crippen LogP contribution in [0.5, 0.6) is 0 Å². The van der Waals surface area contributed by atoms with Gasteiger partial charge >= 0.3 is 6.09 Å². The summed E-state index contributed by atoms with van der Waals surface area (Å²) >= 11 is 0. The normalized spacial score (nSPS) is 26.4. The van der Waals surface area contributed by atoms with Crippen molar-refractivity contribution in [2.45, 2.75) is 76.5 Å². The van der Waals surface area contributed by atoms with Crippen LogP contribution >= 0.6 is 0 Å². The molecule has 0 N–H and O–H groups in total. The summed E-state index contributed by atoms with van der Waals surface area (Å²) in [5.41, 5.74) is -0.396. The monoisotopic (exact) mass is 269 g/mol. The number of likely N-dealkylation sites (N-methyl/N-ethyl adjacent to an activating group) is 1. The van der Waals surface area contributed by atoms with Gasteiger partial charge in [0.25, 0.3) is 0 Å². The number of carbonyl (C=O) groups excluding carboxylic acids is 1. The van der Waals surface area contributed by atoms with Crippen LogP contribution in [-0.2, 0) is 9.47 Å². The van der Waals surface area contributed by atoms with Crippen molar-refractivity contribution in [3.05, 3.63) is 0 Å². The van der Waals surface area contributed by atoms with Gasteiger partial charge < -0.3 is 14.4 Å². The van der Waals surface area contributed by atoms with Crippen molar-refractivity contribution in [2.75, 3.05) is 13.7 Å². The Labute approximate surface area is 116 Å². The van der Waals surface area contributed by atoms with Crippen molar-refractivity contribution in [1.29, 1.82) is 0 Å². The number of carbonyl (C=O) groups is 1. The summed E-state index contributed by atoms with van der Waals surface area (Å²) in [7, 11) is 1.82. The van der Waals surface area contributed by atoms with Gasteiger partial charge in [-0.15, -0.1) is 0 Å². The van der Waals surface area contributed by atoms with Gasteiger partial charge in [-0.1, -0.05) is 19.3 Å². The van der Waals surface area contributed by atoms with E-state index in [4.69, 9.17) is 9.47 Å². The molecule has 1 amide bonds. The van der Waals surface area contributed by atoms with Crippen molar-refractivity contribution < 1.29 is 14.3 Å². The Morgan fingerprint density at radius 3 is 2.47 bits per heavy atom. The van der Waals surface area contributed by atoms with E-state index in [-0.39, 0.29) is 17.7 Å². The van der Waals surface area contributed by atoms with E-state index in [0.717, 1.165) is 19.3 Å². The molecule has 4 nitrogen and oxygen atoms in total. The number of nitrogens with zero attached hydrogens (tertiary/aromatic N) is 1. The molecule has 1 unspecified atom stereocenters. The van der Waals surface area contributed by atoms with Crippen molar-refractivity contribution in [3.63, 3.8) is 0 Å². The second-order valence-electron chi connectivity index (χ2n) is 7.00. The van der Waals surface area contributed by atoms with Gasteiger partial charge in [0.05, 0.1) is 18.2 Å². The summed E-state index contributed by atoms with van der Waals surface area (Å²) in [6.07, 6.45) is 6.83. The Morgan fingerprint density at radius 2 is 1.89 bits per heavy atom. The van der Waals surface area contributed by atoms with Crippen LogP contribution in [0.15, 0.2) is 0 Å². The first-order valence-electron chi connectivity index (χ1n) is 7.41. The third-order valence-corrected chi connectivity index (χ3v) is 4.18. The van der Waals surface area contributed by atoms with Crippen LogP contribution in [0.1, 0.15) is 59.3 Å². The molecule has 1 aliphatic heterocycles. The number of hydrogen-bond donors (Lipinski definition) is 0. The minimum absolute atomic E-state index is 0.0409. The lowest BCUT2D eigenvalue weighted by molar-refractivity contribution is -0.0256. The lowest BCUT2D eigenvalue weighted by Gasteiger charge is -2.33. The van der Waals surface area contributed by atoms with Crippen LogP contribution < -0.4 is 0 Å². The number of hydrogen-bond acceptors (Lipinski definition) is 3. The summed E-state index contributed by atoms with van der Waals surface area (Å²) in [5, 5.41) is 0. The van der Waals surface area contributed by atoms with Gasteiger partial charge in [-0.3, -0.25) is 0 Å². The smallest absolute Gasteiger partial charge is 0.410 e. The lowest BCUT2D eigenvalue weighted by atomic mass is 9.82. The summed E-state index contributed by atoms with van der Waals surface area (Å²) in [6, 6.07) is 0.160. The van der Waals surface area contributed by atoms with E-state index in [1.54, 1.807) is 4.90 Å². The van der Waals surface area contributed by atoms with E-state index < -0.39 is 5.60 Å². The van der Waals surface area contributed by atoms with Gasteiger partial charge in [0.1, 0.15) is 5.60 Å². The Hall–Kier alpha value is -0.770. The average molecular weight is 269 g/mol. The highest BCUT2D eigenvalue weighted by Gasteiger charge is 2.43. The molecule has 1 spiro atoms. The Balaban J connectivity index is 1.91. The zero-order valence-corrected chi connectivity index (χ0v) is 12.7. The zero-order chi connectivity index (χ0) is 14.1. The SMILES string of the molecule is CN(C(=O)OC(C)(C)C)C1COC2(CCCCC2)C1. The average Bonchev–Trinajstić information content (AvgIpc) is 2.71. The maximum absolute atomic E-state index is 12.1. The topological polar surface area (TPSA) is 38.8 Å². The van der Waals surface area contributed by atoms with E-state index in [1.807, 2.05) is 27.8 Å². The Bertz CT molecular complexity index is 329. The molecular formula is C15H27NO3. The molecule has 0 aromatic rings. The molecule has 0 aromatic heterocycles. The van der Waals surface area contributed by atoms with Crippen LogP contribution in [-0.4, -0.2) is 41.9 Å². The van der Waals surface area contributed by atoms with Gasteiger partial charge in [0.2, 0.25) is 0 Å². The van der Waals surface area contributed by atoms with Gasteiger partial charge in [-0.25, -0.2) is 4.79 Å². The molecule has 0 aromatic carbocycles. The van der Waals surface area contributed by atoms with Crippen molar-refractivity contribution >= 4 is 6.09 Å². The van der Waals surface area contributed by atoms with Gasteiger partial charge in [0.15, 0.2) is 0 Å². The molecule has 4 heteroatoms. The first-order chi connectivity index (χ1) is 8.81. The van der Waals surface area contributed by atoms with E-state index >= 15 is 0 Å². The second-order valence-corrected chi connectivity index (χ2v) is 7.00. The molecule has 2 fully saturated rings. The largest absolute Gasteiger partial charge is 0.444 e. The van der Waals surface area contributed by atoms with Crippen LogP contribution in [0.25, 0.3) is 0 Å². The van der Waals surface area contributed by atoms with Gasteiger partial charge in [0, 0.05) is 7.05 Å². The predicted octanol–water partition coefficient (Wildman–Crippen LogP) is 3.35.